The lowest BCUT2D eigenvalue weighted by molar-refractivity contribution is -0.127. The van der Waals surface area contributed by atoms with Crippen LogP contribution in [-0.4, -0.2) is 41.8 Å². The van der Waals surface area contributed by atoms with Crippen LogP contribution >= 0.6 is 0 Å². The first-order valence-electron chi connectivity index (χ1n) is 10.2. The standard InChI is InChI=1S/C23H28N4O3/c1-16-7-6-8-19(15-16)23(30)26-25-21(28)17(2)27-13-11-18(12-14-27)22(29)24-20-9-4-3-5-10-20/h3-10,15,17-18H,11-14H2,1-2H3,(H,24,29)(H,25,28)(H,26,30)/t17-/m1/s1. The molecule has 1 aliphatic rings. The number of hydrazine groups is 1. The average Bonchev–Trinajstić information content (AvgIpc) is 2.77. The Balaban J connectivity index is 1.44. The molecule has 0 bridgehead atoms. The van der Waals surface area contributed by atoms with Crippen molar-refractivity contribution in [2.75, 3.05) is 18.4 Å². The monoisotopic (exact) mass is 408 g/mol. The van der Waals surface area contributed by atoms with Crippen LogP contribution in [0.15, 0.2) is 54.6 Å². The van der Waals surface area contributed by atoms with E-state index in [1.165, 1.54) is 0 Å². The lowest BCUT2D eigenvalue weighted by atomic mass is 9.95. The van der Waals surface area contributed by atoms with Crippen molar-refractivity contribution in [3.05, 3.63) is 65.7 Å². The number of hydrogen-bond donors (Lipinski definition) is 3. The molecule has 1 aliphatic heterocycles. The minimum absolute atomic E-state index is 0.0170. The summed E-state index contributed by atoms with van der Waals surface area (Å²) in [6, 6.07) is 16.2. The summed E-state index contributed by atoms with van der Waals surface area (Å²) in [5, 5.41) is 2.95. The lowest BCUT2D eigenvalue weighted by Gasteiger charge is -2.34. The Morgan fingerprint density at radius 1 is 0.967 bits per heavy atom. The molecule has 0 spiro atoms. The zero-order chi connectivity index (χ0) is 21.5. The van der Waals surface area contributed by atoms with Gasteiger partial charge in [-0.2, -0.15) is 0 Å². The minimum Gasteiger partial charge on any atom is -0.326 e. The van der Waals surface area contributed by atoms with Crippen molar-refractivity contribution in [3.8, 4) is 0 Å². The van der Waals surface area contributed by atoms with Crippen LogP contribution in [0.3, 0.4) is 0 Å². The van der Waals surface area contributed by atoms with Crippen molar-refractivity contribution < 1.29 is 14.4 Å². The van der Waals surface area contributed by atoms with E-state index in [-0.39, 0.29) is 23.6 Å². The molecule has 158 valence electrons. The molecule has 7 heteroatoms. The number of piperidine rings is 1. The van der Waals surface area contributed by atoms with Crippen molar-refractivity contribution in [1.82, 2.24) is 15.8 Å². The molecular weight excluding hydrogens is 380 g/mol. The van der Waals surface area contributed by atoms with E-state index in [1.807, 2.05) is 48.2 Å². The third-order valence-electron chi connectivity index (χ3n) is 5.45. The number of carbonyl (C=O) groups excluding carboxylic acids is 3. The molecule has 0 aliphatic carbocycles. The third-order valence-corrected chi connectivity index (χ3v) is 5.45. The summed E-state index contributed by atoms with van der Waals surface area (Å²) in [5.74, 6) is -0.681. The fourth-order valence-electron chi connectivity index (χ4n) is 3.56. The van der Waals surface area contributed by atoms with E-state index in [4.69, 9.17) is 0 Å². The molecule has 3 amide bonds. The number of benzene rings is 2. The van der Waals surface area contributed by atoms with Gasteiger partial charge in [-0.15, -0.1) is 0 Å². The molecule has 1 saturated heterocycles. The first kappa shape index (κ1) is 21.5. The molecule has 3 N–H and O–H groups in total. The Morgan fingerprint density at radius 2 is 1.67 bits per heavy atom. The minimum atomic E-state index is -0.402. The van der Waals surface area contributed by atoms with Gasteiger partial charge < -0.3 is 5.32 Å². The maximum Gasteiger partial charge on any atom is 0.269 e. The average molecular weight is 409 g/mol. The van der Waals surface area contributed by atoms with Crippen LogP contribution in [0.5, 0.6) is 0 Å². The number of likely N-dealkylation sites (tertiary alicyclic amines) is 1. The molecule has 0 saturated carbocycles. The van der Waals surface area contributed by atoms with Crippen molar-refractivity contribution in [3.63, 3.8) is 0 Å². The number of amides is 3. The molecule has 0 unspecified atom stereocenters. The van der Waals surface area contributed by atoms with Crippen LogP contribution in [0.2, 0.25) is 0 Å². The molecule has 1 atom stereocenters. The number of nitrogens with one attached hydrogen (secondary N) is 3. The number of hydrogen-bond acceptors (Lipinski definition) is 4. The van der Waals surface area contributed by atoms with Crippen LogP contribution in [0.25, 0.3) is 0 Å². The van der Waals surface area contributed by atoms with Gasteiger partial charge >= 0.3 is 0 Å². The molecule has 7 nitrogen and oxygen atoms in total. The molecule has 3 rings (SSSR count). The van der Waals surface area contributed by atoms with Crippen LogP contribution in [0, 0.1) is 12.8 Å². The van der Waals surface area contributed by atoms with E-state index in [1.54, 1.807) is 25.1 Å². The topological polar surface area (TPSA) is 90.5 Å². The summed E-state index contributed by atoms with van der Waals surface area (Å²) in [4.78, 5) is 39.1. The predicted octanol–water partition coefficient (Wildman–Crippen LogP) is 2.50. The molecule has 2 aromatic carbocycles. The number of para-hydroxylation sites is 1. The van der Waals surface area contributed by atoms with Crippen LogP contribution < -0.4 is 16.2 Å². The van der Waals surface area contributed by atoms with Crippen molar-refractivity contribution in [2.45, 2.75) is 32.7 Å². The van der Waals surface area contributed by atoms with Crippen molar-refractivity contribution >= 4 is 23.4 Å². The van der Waals surface area contributed by atoms with Gasteiger partial charge in [0.2, 0.25) is 5.91 Å². The number of rotatable bonds is 5. The summed E-state index contributed by atoms with van der Waals surface area (Å²) in [6.45, 7) is 5.00. The quantitative estimate of drug-likeness (QED) is 0.663. The summed E-state index contributed by atoms with van der Waals surface area (Å²) < 4.78 is 0. The summed E-state index contributed by atoms with van der Waals surface area (Å²) in [7, 11) is 0. The second-order valence-electron chi connectivity index (χ2n) is 7.65. The van der Waals surface area contributed by atoms with E-state index < -0.39 is 6.04 Å². The van der Waals surface area contributed by atoms with Crippen LogP contribution in [-0.2, 0) is 9.59 Å². The third kappa shape index (κ3) is 5.67. The second-order valence-corrected chi connectivity index (χ2v) is 7.65. The number of anilines is 1. The normalized spacial score (nSPS) is 15.8. The first-order valence-corrected chi connectivity index (χ1v) is 10.2. The van der Waals surface area contributed by atoms with E-state index in [9.17, 15) is 14.4 Å². The smallest absolute Gasteiger partial charge is 0.269 e. The van der Waals surface area contributed by atoms with Crippen LogP contribution in [0.1, 0.15) is 35.7 Å². The van der Waals surface area contributed by atoms with Crippen molar-refractivity contribution in [2.24, 2.45) is 5.92 Å². The Bertz CT molecular complexity index is 892. The van der Waals surface area contributed by atoms with E-state index in [0.29, 0.717) is 31.5 Å². The molecule has 30 heavy (non-hydrogen) atoms. The highest BCUT2D eigenvalue weighted by Crippen LogP contribution is 2.21. The highest BCUT2D eigenvalue weighted by molar-refractivity contribution is 5.96. The van der Waals surface area contributed by atoms with Gasteiger partial charge in [-0.3, -0.25) is 30.1 Å². The van der Waals surface area contributed by atoms with Gasteiger partial charge in [-0.25, -0.2) is 0 Å². The Morgan fingerprint density at radius 3 is 2.33 bits per heavy atom. The number of nitrogens with zero attached hydrogens (tertiary/aromatic N) is 1. The fraction of sp³-hybridized carbons (Fsp3) is 0.348. The Hall–Kier alpha value is -3.19. The SMILES string of the molecule is Cc1cccc(C(=O)NNC(=O)[C@@H](C)N2CCC(C(=O)Nc3ccccc3)CC2)c1. The van der Waals surface area contributed by atoms with Gasteiger partial charge in [0.05, 0.1) is 6.04 Å². The zero-order valence-electron chi connectivity index (χ0n) is 17.4. The van der Waals surface area contributed by atoms with Gasteiger partial charge in [0.15, 0.2) is 0 Å². The first-order chi connectivity index (χ1) is 14.4. The maximum absolute atomic E-state index is 12.5. The zero-order valence-corrected chi connectivity index (χ0v) is 17.4. The van der Waals surface area contributed by atoms with Crippen molar-refractivity contribution in [1.29, 1.82) is 0 Å². The Kier molecular flexibility index (Phi) is 7.19. The molecule has 0 radical (unpaired) electrons. The summed E-state index contributed by atoms with van der Waals surface area (Å²) >= 11 is 0. The molecule has 2 aromatic rings. The fourth-order valence-corrected chi connectivity index (χ4v) is 3.56. The van der Waals surface area contributed by atoms with E-state index >= 15 is 0 Å². The predicted molar refractivity (Wildman–Crippen MR) is 116 cm³/mol. The van der Waals surface area contributed by atoms with Gasteiger partial charge in [-0.1, -0.05) is 35.9 Å². The van der Waals surface area contributed by atoms with Gasteiger partial charge in [0.1, 0.15) is 0 Å². The molecule has 0 aromatic heterocycles. The van der Waals surface area contributed by atoms with E-state index in [2.05, 4.69) is 16.2 Å². The Labute approximate surface area is 176 Å². The highest BCUT2D eigenvalue weighted by atomic mass is 16.2. The van der Waals surface area contributed by atoms with E-state index in [0.717, 1.165) is 11.3 Å². The van der Waals surface area contributed by atoms with Crippen LogP contribution in [0.4, 0.5) is 5.69 Å². The molecule has 1 fully saturated rings. The number of aryl methyl sites for hydroxylation is 1. The largest absolute Gasteiger partial charge is 0.326 e. The second kappa shape index (κ2) is 10.0. The lowest BCUT2D eigenvalue weighted by Crippen LogP contribution is -2.53. The summed E-state index contributed by atoms with van der Waals surface area (Å²) in [6.07, 6.45) is 1.37. The molecular formula is C23H28N4O3. The molecule has 1 heterocycles. The maximum atomic E-state index is 12.5. The van der Waals surface area contributed by atoms with Gasteiger partial charge in [-0.05, 0) is 64.0 Å². The summed E-state index contributed by atoms with van der Waals surface area (Å²) in [5.41, 5.74) is 7.24. The van der Waals surface area contributed by atoms with Gasteiger partial charge in [0, 0.05) is 17.2 Å². The number of carbonyl (C=O) groups is 3. The highest BCUT2D eigenvalue weighted by Gasteiger charge is 2.30. The van der Waals surface area contributed by atoms with Gasteiger partial charge in [0.25, 0.3) is 11.8 Å².